The van der Waals surface area contributed by atoms with Crippen LogP contribution in [0.3, 0.4) is 0 Å². The Labute approximate surface area is 174 Å². The Morgan fingerprint density at radius 2 is 2.00 bits per heavy atom. The van der Waals surface area contributed by atoms with Crippen molar-refractivity contribution in [2.45, 2.75) is 19.5 Å². The lowest BCUT2D eigenvalue weighted by Crippen LogP contribution is -2.34. The van der Waals surface area contributed by atoms with Gasteiger partial charge in [-0.1, -0.05) is 35.3 Å². The zero-order chi connectivity index (χ0) is 17.7. The first-order valence-electron chi connectivity index (χ1n) is 7.28. The highest BCUT2D eigenvalue weighted by molar-refractivity contribution is 14.0. The molecule has 8 heteroatoms. The highest BCUT2D eigenvalue weighted by Crippen LogP contribution is 2.27. The summed E-state index contributed by atoms with van der Waals surface area (Å²) in [4.78, 5) is 4.27. The largest absolute Gasteiger partial charge is 0.504 e. The number of rotatable bonds is 5. The lowest BCUT2D eigenvalue weighted by atomic mass is 10.1. The van der Waals surface area contributed by atoms with Crippen molar-refractivity contribution in [3.05, 3.63) is 57.6 Å². The molecule has 136 valence electrons. The summed E-state index contributed by atoms with van der Waals surface area (Å²) in [6.45, 7) is 2.26. The molecule has 2 aromatic carbocycles. The van der Waals surface area contributed by atoms with E-state index in [9.17, 15) is 5.11 Å². The number of nitrogens with one attached hydrogen (secondary N) is 1. The third-order valence-electron chi connectivity index (χ3n) is 3.47. The van der Waals surface area contributed by atoms with Crippen LogP contribution >= 0.6 is 47.2 Å². The average molecular weight is 496 g/mol. The summed E-state index contributed by atoms with van der Waals surface area (Å²) in [5.41, 5.74) is 7.61. The van der Waals surface area contributed by atoms with Crippen LogP contribution in [-0.4, -0.2) is 18.2 Å². The maximum Gasteiger partial charge on any atom is 0.189 e. The lowest BCUT2D eigenvalue weighted by molar-refractivity contribution is 0.373. The van der Waals surface area contributed by atoms with E-state index in [0.29, 0.717) is 22.3 Å². The molecule has 0 aliphatic rings. The fourth-order valence-electron chi connectivity index (χ4n) is 2.21. The van der Waals surface area contributed by atoms with Gasteiger partial charge in [-0.2, -0.15) is 0 Å². The average Bonchev–Trinajstić information content (AvgIpc) is 2.52. The number of hydrogen-bond donors (Lipinski definition) is 3. The molecule has 1 unspecified atom stereocenters. The number of nitrogens with two attached hydrogens (primary N) is 1. The molecule has 0 saturated heterocycles. The van der Waals surface area contributed by atoms with Gasteiger partial charge in [0, 0.05) is 10.0 Å². The summed E-state index contributed by atoms with van der Waals surface area (Å²) >= 11 is 12.1. The third-order valence-corrected chi connectivity index (χ3v) is 4.03. The maximum atomic E-state index is 9.76. The molecule has 1 atom stereocenters. The topological polar surface area (TPSA) is 79.9 Å². The number of phenols is 1. The van der Waals surface area contributed by atoms with E-state index in [1.165, 1.54) is 7.11 Å². The first-order valence-corrected chi connectivity index (χ1v) is 8.03. The van der Waals surface area contributed by atoms with Crippen LogP contribution < -0.4 is 15.8 Å². The van der Waals surface area contributed by atoms with Crippen molar-refractivity contribution in [3.63, 3.8) is 0 Å². The van der Waals surface area contributed by atoms with Crippen molar-refractivity contribution in [1.29, 1.82) is 0 Å². The summed E-state index contributed by atoms with van der Waals surface area (Å²) in [6, 6.07) is 10.3. The van der Waals surface area contributed by atoms with Gasteiger partial charge in [0.05, 0.1) is 19.7 Å². The quantitative estimate of drug-likeness (QED) is 0.324. The molecule has 0 radical (unpaired) electrons. The number of ether oxygens (including phenoxy) is 1. The molecule has 25 heavy (non-hydrogen) atoms. The second-order valence-corrected chi connectivity index (χ2v) is 6.08. The molecule has 4 N–H and O–H groups in total. The van der Waals surface area contributed by atoms with E-state index < -0.39 is 0 Å². The number of guanidine groups is 1. The Morgan fingerprint density at radius 3 is 2.60 bits per heavy atom. The molecule has 0 heterocycles. The number of hydrogen-bond acceptors (Lipinski definition) is 3. The molecule has 0 fully saturated rings. The Balaban J connectivity index is 0.00000312. The molecule has 5 nitrogen and oxygen atoms in total. The van der Waals surface area contributed by atoms with Gasteiger partial charge in [0.2, 0.25) is 0 Å². The van der Waals surface area contributed by atoms with Crippen LogP contribution in [0.1, 0.15) is 24.1 Å². The highest BCUT2D eigenvalue weighted by atomic mass is 127. The number of halogens is 3. The molecule has 0 spiro atoms. The minimum Gasteiger partial charge on any atom is -0.504 e. The van der Waals surface area contributed by atoms with Gasteiger partial charge < -0.3 is 20.9 Å². The van der Waals surface area contributed by atoms with E-state index in [2.05, 4.69) is 10.3 Å². The third kappa shape index (κ3) is 6.13. The van der Waals surface area contributed by atoms with Crippen LogP contribution in [-0.2, 0) is 6.54 Å². The zero-order valence-electron chi connectivity index (χ0n) is 13.8. The monoisotopic (exact) mass is 495 g/mol. The maximum absolute atomic E-state index is 9.76. The van der Waals surface area contributed by atoms with Crippen molar-refractivity contribution in [2.75, 3.05) is 7.11 Å². The molecular formula is C17H20Cl2IN3O2. The van der Waals surface area contributed by atoms with Crippen LogP contribution in [0.2, 0.25) is 10.0 Å². The van der Waals surface area contributed by atoms with Gasteiger partial charge >= 0.3 is 0 Å². The van der Waals surface area contributed by atoms with Gasteiger partial charge in [0.15, 0.2) is 17.5 Å². The number of aliphatic imine (C=N–C) groups is 1. The molecule has 0 amide bonds. The van der Waals surface area contributed by atoms with E-state index in [1.54, 1.807) is 24.3 Å². The van der Waals surface area contributed by atoms with Crippen LogP contribution in [0.25, 0.3) is 0 Å². The molecule has 2 rings (SSSR count). The van der Waals surface area contributed by atoms with Crippen molar-refractivity contribution < 1.29 is 9.84 Å². The summed E-state index contributed by atoms with van der Waals surface area (Å²) in [5, 5.41) is 14.0. The van der Waals surface area contributed by atoms with Gasteiger partial charge in [-0.15, -0.1) is 24.0 Å². The fourth-order valence-corrected chi connectivity index (χ4v) is 2.78. The standard InChI is InChI=1S/C17H19Cl2N3O2.HI/c1-10(13-5-4-12(18)8-14(13)19)22-17(20)21-9-11-3-6-16(24-2)15(23)7-11;/h3-8,10,23H,9H2,1-2H3,(H3,20,21,22);1H. The van der Waals surface area contributed by atoms with E-state index in [-0.39, 0.29) is 41.7 Å². The Bertz CT molecular complexity index is 757. The first-order chi connectivity index (χ1) is 11.4. The van der Waals surface area contributed by atoms with Crippen LogP contribution in [0.15, 0.2) is 41.4 Å². The fraction of sp³-hybridized carbons (Fsp3) is 0.235. The number of methoxy groups -OCH3 is 1. The van der Waals surface area contributed by atoms with Crippen molar-refractivity contribution >= 4 is 53.1 Å². The molecule has 0 saturated carbocycles. The van der Waals surface area contributed by atoms with E-state index >= 15 is 0 Å². The number of benzene rings is 2. The minimum atomic E-state index is -0.122. The minimum absolute atomic E-state index is 0. The molecule has 0 aliphatic heterocycles. The second-order valence-electron chi connectivity index (χ2n) is 5.24. The molecule has 0 aliphatic carbocycles. The normalized spacial score (nSPS) is 12.2. The number of phenolic OH excluding ortho intramolecular Hbond substituents is 1. The van der Waals surface area contributed by atoms with Crippen molar-refractivity contribution in [3.8, 4) is 11.5 Å². The Morgan fingerprint density at radius 1 is 1.28 bits per heavy atom. The zero-order valence-corrected chi connectivity index (χ0v) is 17.6. The number of nitrogens with zero attached hydrogens (tertiary/aromatic N) is 1. The van der Waals surface area contributed by atoms with Gasteiger partial charge in [-0.25, -0.2) is 4.99 Å². The van der Waals surface area contributed by atoms with E-state index in [0.717, 1.165) is 11.1 Å². The Kier molecular flexibility index (Phi) is 8.61. The lowest BCUT2D eigenvalue weighted by Gasteiger charge is -2.16. The van der Waals surface area contributed by atoms with Gasteiger partial charge in [0.1, 0.15) is 0 Å². The molecule has 0 aromatic heterocycles. The summed E-state index contributed by atoms with van der Waals surface area (Å²) in [5.74, 6) is 0.765. The summed E-state index contributed by atoms with van der Waals surface area (Å²) < 4.78 is 5.00. The number of aromatic hydroxyl groups is 1. The Hall–Kier alpha value is -1.38. The predicted molar refractivity (Wildman–Crippen MR) is 113 cm³/mol. The molecule has 0 bridgehead atoms. The summed E-state index contributed by atoms with van der Waals surface area (Å²) in [7, 11) is 1.50. The summed E-state index contributed by atoms with van der Waals surface area (Å²) in [6.07, 6.45) is 0. The molecule has 2 aromatic rings. The second kappa shape index (κ2) is 9.94. The van der Waals surface area contributed by atoms with Crippen molar-refractivity contribution in [1.82, 2.24) is 5.32 Å². The van der Waals surface area contributed by atoms with Crippen LogP contribution in [0.4, 0.5) is 0 Å². The van der Waals surface area contributed by atoms with E-state index in [1.807, 2.05) is 19.1 Å². The SMILES string of the molecule is COc1ccc(CN=C(N)NC(C)c2ccc(Cl)cc2Cl)cc1O.I. The molecular weight excluding hydrogens is 476 g/mol. The highest BCUT2D eigenvalue weighted by Gasteiger charge is 2.10. The van der Waals surface area contributed by atoms with Gasteiger partial charge in [-0.05, 0) is 42.3 Å². The van der Waals surface area contributed by atoms with Crippen LogP contribution in [0.5, 0.6) is 11.5 Å². The van der Waals surface area contributed by atoms with Gasteiger partial charge in [-0.3, -0.25) is 0 Å². The van der Waals surface area contributed by atoms with Crippen LogP contribution in [0, 0.1) is 0 Å². The smallest absolute Gasteiger partial charge is 0.189 e. The first kappa shape index (κ1) is 21.7. The van der Waals surface area contributed by atoms with Crippen molar-refractivity contribution in [2.24, 2.45) is 10.7 Å². The van der Waals surface area contributed by atoms with E-state index in [4.69, 9.17) is 33.7 Å². The predicted octanol–water partition coefficient (Wildman–Crippen LogP) is 4.49. The van der Waals surface area contributed by atoms with Gasteiger partial charge in [0.25, 0.3) is 0 Å².